The lowest BCUT2D eigenvalue weighted by Crippen LogP contribution is -2.26. The van der Waals surface area contributed by atoms with Gasteiger partial charge in [-0.3, -0.25) is 9.88 Å². The molecule has 0 aliphatic rings. The second-order valence-corrected chi connectivity index (χ2v) is 8.66. The van der Waals surface area contributed by atoms with E-state index in [-0.39, 0.29) is 17.8 Å². The predicted octanol–water partition coefficient (Wildman–Crippen LogP) is 5.66. The molecular formula is C20H27FNO3P. The summed E-state index contributed by atoms with van der Waals surface area (Å²) in [5.74, 6) is -1.35. The molecule has 142 valence electrons. The lowest BCUT2D eigenvalue weighted by molar-refractivity contribution is 0.133. The van der Waals surface area contributed by atoms with E-state index in [0.29, 0.717) is 6.54 Å². The van der Waals surface area contributed by atoms with E-state index in [9.17, 15) is 8.96 Å². The molecule has 1 unspecified atom stereocenters. The molecule has 1 N–H and O–H groups in total. The van der Waals surface area contributed by atoms with Gasteiger partial charge in [-0.25, -0.2) is 4.39 Å². The highest BCUT2D eigenvalue weighted by molar-refractivity contribution is 7.54. The molecule has 0 aliphatic heterocycles. The predicted molar refractivity (Wildman–Crippen MR) is 102 cm³/mol. The lowest BCUT2D eigenvalue weighted by atomic mass is 10.2. The van der Waals surface area contributed by atoms with Gasteiger partial charge in [0, 0.05) is 12.1 Å². The third kappa shape index (κ3) is 5.75. The summed E-state index contributed by atoms with van der Waals surface area (Å²) in [6, 6.07) is 15.9. The molecular weight excluding hydrogens is 352 g/mol. The van der Waals surface area contributed by atoms with Crippen molar-refractivity contribution in [3.8, 4) is 0 Å². The van der Waals surface area contributed by atoms with Gasteiger partial charge in [0.05, 0.1) is 12.2 Å². The molecule has 1 atom stereocenters. The van der Waals surface area contributed by atoms with Crippen molar-refractivity contribution in [3.05, 3.63) is 71.5 Å². The summed E-state index contributed by atoms with van der Waals surface area (Å²) in [5, 5.41) is 3.19. The van der Waals surface area contributed by atoms with Crippen LogP contribution in [0, 0.1) is 5.82 Å². The highest BCUT2D eigenvalue weighted by atomic mass is 31.2. The fraction of sp³-hybridized carbons (Fsp3) is 0.400. The minimum atomic E-state index is -3.68. The number of nitrogens with one attached hydrogen (secondary N) is 1. The van der Waals surface area contributed by atoms with Crippen LogP contribution in [0.1, 0.15) is 44.6 Å². The molecule has 0 saturated carbocycles. The third-order valence-corrected chi connectivity index (χ3v) is 6.10. The normalized spacial score (nSPS) is 13.3. The lowest BCUT2D eigenvalue weighted by Gasteiger charge is -2.31. The van der Waals surface area contributed by atoms with Crippen molar-refractivity contribution in [1.29, 1.82) is 0 Å². The Bertz CT molecular complexity index is 723. The van der Waals surface area contributed by atoms with E-state index in [1.807, 2.05) is 30.3 Å². The quantitative estimate of drug-likeness (QED) is 0.571. The van der Waals surface area contributed by atoms with Gasteiger partial charge in [-0.1, -0.05) is 48.5 Å². The van der Waals surface area contributed by atoms with Crippen LogP contribution < -0.4 is 5.32 Å². The average Bonchev–Trinajstić information content (AvgIpc) is 2.56. The van der Waals surface area contributed by atoms with E-state index in [2.05, 4.69) is 5.32 Å². The molecule has 0 radical (unpaired) electrons. The minimum Gasteiger partial charge on any atom is -0.304 e. The van der Waals surface area contributed by atoms with Crippen LogP contribution in [0.2, 0.25) is 0 Å². The highest BCUT2D eigenvalue weighted by Gasteiger charge is 2.40. The fourth-order valence-corrected chi connectivity index (χ4v) is 4.97. The Morgan fingerprint density at radius 2 is 1.46 bits per heavy atom. The Balaban J connectivity index is 2.40. The number of hydrogen-bond donors (Lipinski definition) is 1. The zero-order valence-electron chi connectivity index (χ0n) is 15.7. The largest absolute Gasteiger partial charge is 0.352 e. The Labute approximate surface area is 155 Å². The van der Waals surface area contributed by atoms with Crippen LogP contribution in [-0.4, -0.2) is 12.2 Å². The van der Waals surface area contributed by atoms with Crippen molar-refractivity contribution >= 4 is 7.60 Å². The van der Waals surface area contributed by atoms with Gasteiger partial charge in [0.1, 0.15) is 11.6 Å². The number of hydrogen-bond acceptors (Lipinski definition) is 4. The molecule has 2 aromatic carbocycles. The Morgan fingerprint density at radius 1 is 0.923 bits per heavy atom. The monoisotopic (exact) mass is 379 g/mol. The van der Waals surface area contributed by atoms with Crippen LogP contribution in [0.15, 0.2) is 54.6 Å². The van der Waals surface area contributed by atoms with Crippen molar-refractivity contribution in [2.45, 2.75) is 52.2 Å². The van der Waals surface area contributed by atoms with E-state index in [4.69, 9.17) is 9.05 Å². The number of benzene rings is 2. The van der Waals surface area contributed by atoms with Gasteiger partial charge in [0.2, 0.25) is 0 Å². The molecule has 0 spiro atoms. The van der Waals surface area contributed by atoms with Crippen molar-refractivity contribution in [3.63, 3.8) is 0 Å². The molecule has 0 fully saturated rings. The Morgan fingerprint density at radius 3 is 2.00 bits per heavy atom. The van der Waals surface area contributed by atoms with Gasteiger partial charge in [-0.2, -0.15) is 0 Å². The molecule has 0 heterocycles. The van der Waals surface area contributed by atoms with Crippen molar-refractivity contribution in [2.75, 3.05) is 0 Å². The second-order valence-electron chi connectivity index (χ2n) is 6.64. The molecule has 0 aliphatic carbocycles. The topological polar surface area (TPSA) is 47.6 Å². The van der Waals surface area contributed by atoms with Crippen LogP contribution in [0.25, 0.3) is 0 Å². The molecule has 2 aromatic rings. The molecule has 0 aromatic heterocycles. The summed E-state index contributed by atoms with van der Waals surface area (Å²) in [7, 11) is -3.68. The van der Waals surface area contributed by atoms with Gasteiger partial charge in [0.25, 0.3) is 0 Å². The Hall–Kier alpha value is -1.52. The second kappa shape index (κ2) is 9.43. The van der Waals surface area contributed by atoms with Gasteiger partial charge < -0.3 is 9.05 Å². The van der Waals surface area contributed by atoms with Crippen LogP contribution in [0.5, 0.6) is 0 Å². The first-order valence-corrected chi connectivity index (χ1v) is 10.4. The average molecular weight is 379 g/mol. The van der Waals surface area contributed by atoms with E-state index >= 15 is 0 Å². The van der Waals surface area contributed by atoms with E-state index in [1.54, 1.807) is 45.9 Å². The molecule has 0 amide bonds. The number of halogens is 1. The maximum absolute atomic E-state index is 14.5. The summed E-state index contributed by atoms with van der Waals surface area (Å²) in [6.07, 6.45) is -0.653. The fourth-order valence-electron chi connectivity index (χ4n) is 2.63. The summed E-state index contributed by atoms with van der Waals surface area (Å²) in [5.41, 5.74) is 1.27. The van der Waals surface area contributed by atoms with Crippen LogP contribution in [0.3, 0.4) is 0 Å². The van der Waals surface area contributed by atoms with Gasteiger partial charge in [-0.15, -0.1) is 0 Å². The van der Waals surface area contributed by atoms with Crippen molar-refractivity contribution in [1.82, 2.24) is 5.32 Å². The maximum atomic E-state index is 14.5. The van der Waals surface area contributed by atoms with E-state index in [1.165, 1.54) is 6.07 Å². The Kier molecular flexibility index (Phi) is 7.54. The minimum absolute atomic E-state index is 0.271. The summed E-state index contributed by atoms with van der Waals surface area (Å²) in [4.78, 5) is 0. The molecule has 6 heteroatoms. The van der Waals surface area contributed by atoms with Crippen LogP contribution in [0.4, 0.5) is 4.39 Å². The van der Waals surface area contributed by atoms with Gasteiger partial charge in [-0.05, 0) is 39.3 Å². The zero-order valence-corrected chi connectivity index (χ0v) is 16.6. The van der Waals surface area contributed by atoms with E-state index in [0.717, 1.165) is 5.56 Å². The van der Waals surface area contributed by atoms with Gasteiger partial charge >= 0.3 is 7.60 Å². The molecule has 4 nitrogen and oxygen atoms in total. The smallest absolute Gasteiger partial charge is 0.304 e. The molecule has 26 heavy (non-hydrogen) atoms. The molecule has 2 rings (SSSR count). The SMILES string of the molecule is CC(C)OP(=O)(OC(C)C)C(NCc1ccccc1)c1ccccc1F. The van der Waals surface area contributed by atoms with Crippen molar-refractivity contribution < 1.29 is 18.0 Å². The summed E-state index contributed by atoms with van der Waals surface area (Å²) >= 11 is 0. The summed E-state index contributed by atoms with van der Waals surface area (Å²) < 4.78 is 39.6. The first-order valence-electron chi connectivity index (χ1n) is 8.80. The number of rotatable bonds is 9. The van der Waals surface area contributed by atoms with Crippen LogP contribution >= 0.6 is 7.60 Å². The van der Waals surface area contributed by atoms with Crippen LogP contribution in [-0.2, 0) is 20.2 Å². The third-order valence-electron chi connectivity index (χ3n) is 3.57. The maximum Gasteiger partial charge on any atom is 0.352 e. The van der Waals surface area contributed by atoms with E-state index < -0.39 is 19.2 Å². The summed E-state index contributed by atoms with van der Waals surface area (Å²) in [6.45, 7) is 7.54. The van der Waals surface area contributed by atoms with Crippen molar-refractivity contribution in [2.24, 2.45) is 0 Å². The zero-order chi connectivity index (χ0) is 19.2. The molecule has 0 saturated heterocycles. The van der Waals surface area contributed by atoms with Gasteiger partial charge in [0.15, 0.2) is 0 Å². The first-order chi connectivity index (χ1) is 12.3. The first kappa shape index (κ1) is 20.8. The molecule has 0 bridgehead atoms. The highest BCUT2D eigenvalue weighted by Crippen LogP contribution is 2.61. The standard InChI is InChI=1S/C20H27FNO3P/c1-15(2)24-26(23,25-16(3)4)20(18-12-8-9-13-19(18)21)22-14-17-10-6-5-7-11-17/h5-13,15-16,20,22H,14H2,1-4H3.